The molecule has 0 fully saturated rings. The molecule has 0 radical (unpaired) electrons. The van der Waals surface area contributed by atoms with Crippen molar-refractivity contribution in [2.24, 2.45) is 0 Å². The van der Waals surface area contributed by atoms with Gasteiger partial charge in [-0.3, -0.25) is 23.5 Å². The van der Waals surface area contributed by atoms with Gasteiger partial charge < -0.3 is 10.1 Å². The molecule has 7 heteroatoms. The maximum atomic E-state index is 12.6. The Morgan fingerprint density at radius 2 is 1.66 bits per heavy atom. The minimum absolute atomic E-state index is 0.254. The molecule has 0 saturated carbocycles. The Labute approximate surface area is 168 Å². The lowest BCUT2D eigenvalue weighted by Gasteiger charge is -2.14. The molecular formula is C22H23N3O4. The van der Waals surface area contributed by atoms with Gasteiger partial charge in [-0.05, 0) is 44.0 Å². The first-order valence-corrected chi connectivity index (χ1v) is 9.32. The van der Waals surface area contributed by atoms with Crippen LogP contribution < -0.4 is 21.2 Å². The summed E-state index contributed by atoms with van der Waals surface area (Å²) in [6.07, 6.45) is 2.89. The molecule has 1 amide bonds. The summed E-state index contributed by atoms with van der Waals surface area (Å²) in [5.74, 6) is 0.124. The van der Waals surface area contributed by atoms with E-state index >= 15 is 0 Å². The summed E-state index contributed by atoms with van der Waals surface area (Å²) in [5, 5.41) is 2.82. The molecule has 150 valence electrons. The zero-order valence-corrected chi connectivity index (χ0v) is 16.6. The first-order chi connectivity index (χ1) is 13.9. The summed E-state index contributed by atoms with van der Waals surface area (Å²) in [4.78, 5) is 37.6. The molecule has 7 nitrogen and oxygen atoms in total. The third kappa shape index (κ3) is 4.29. The summed E-state index contributed by atoms with van der Waals surface area (Å²) in [6.45, 7) is 5.81. The minimum Gasteiger partial charge on any atom is -0.492 e. The van der Waals surface area contributed by atoms with Crippen molar-refractivity contribution in [3.63, 3.8) is 0 Å². The van der Waals surface area contributed by atoms with Crippen LogP contribution in [0.4, 0.5) is 5.69 Å². The van der Waals surface area contributed by atoms with E-state index in [2.05, 4.69) is 5.32 Å². The minimum atomic E-state index is -0.782. The first kappa shape index (κ1) is 20.1. The van der Waals surface area contributed by atoms with Crippen LogP contribution in [0.5, 0.6) is 5.75 Å². The molecule has 0 atom stereocenters. The van der Waals surface area contributed by atoms with Gasteiger partial charge in [-0.25, -0.2) is 0 Å². The molecule has 0 spiro atoms. The summed E-state index contributed by atoms with van der Waals surface area (Å²) in [5.41, 5.74) is 1.50. The van der Waals surface area contributed by atoms with Crippen LogP contribution in [0.1, 0.15) is 18.1 Å². The Morgan fingerprint density at radius 1 is 0.966 bits per heavy atom. The summed E-state index contributed by atoms with van der Waals surface area (Å²) in [6, 6.07) is 12.7. The molecule has 29 heavy (non-hydrogen) atoms. The van der Waals surface area contributed by atoms with Gasteiger partial charge in [-0.15, -0.1) is 0 Å². The van der Waals surface area contributed by atoms with Crippen molar-refractivity contribution in [1.29, 1.82) is 0 Å². The molecule has 3 rings (SSSR count). The van der Waals surface area contributed by atoms with E-state index < -0.39 is 11.1 Å². The number of nitrogens with one attached hydrogen (secondary N) is 1. The molecule has 2 aromatic carbocycles. The number of hydrogen-bond acceptors (Lipinski definition) is 4. The molecule has 0 aliphatic carbocycles. The topological polar surface area (TPSA) is 82.3 Å². The van der Waals surface area contributed by atoms with Crippen molar-refractivity contribution in [1.82, 2.24) is 9.13 Å². The molecule has 1 heterocycles. The van der Waals surface area contributed by atoms with E-state index in [0.29, 0.717) is 23.7 Å². The van der Waals surface area contributed by atoms with Crippen molar-refractivity contribution >= 4 is 11.6 Å². The van der Waals surface area contributed by atoms with E-state index in [4.69, 9.17) is 4.74 Å². The number of nitrogens with zero attached hydrogens (tertiary/aromatic N) is 2. The standard InChI is InChI=1S/C22H23N3O4/c1-4-29-18-11-6-5-10-17(18)25-13-12-24(21(27)22(25)28)14-19(26)23-20-15(2)8-7-9-16(20)3/h5-13H,4,14H2,1-3H3,(H,23,26). The molecule has 0 saturated heterocycles. The van der Waals surface area contributed by atoms with E-state index in [0.717, 1.165) is 15.7 Å². The van der Waals surface area contributed by atoms with Crippen molar-refractivity contribution < 1.29 is 9.53 Å². The number of aromatic nitrogens is 2. The van der Waals surface area contributed by atoms with Crippen LogP contribution in [-0.4, -0.2) is 21.6 Å². The predicted octanol–water partition coefficient (Wildman–Crippen LogP) is 2.65. The molecule has 1 aromatic heterocycles. The van der Waals surface area contributed by atoms with Crippen molar-refractivity contribution in [2.75, 3.05) is 11.9 Å². The smallest absolute Gasteiger partial charge is 0.321 e. The zero-order valence-electron chi connectivity index (χ0n) is 16.6. The van der Waals surface area contributed by atoms with Crippen LogP contribution in [0.25, 0.3) is 5.69 Å². The van der Waals surface area contributed by atoms with Gasteiger partial charge in [0.15, 0.2) is 0 Å². The van der Waals surface area contributed by atoms with Crippen LogP contribution in [-0.2, 0) is 11.3 Å². The van der Waals surface area contributed by atoms with Gasteiger partial charge in [0.05, 0.1) is 12.3 Å². The maximum absolute atomic E-state index is 12.6. The van der Waals surface area contributed by atoms with Gasteiger partial charge >= 0.3 is 11.1 Å². The Balaban J connectivity index is 1.88. The normalized spacial score (nSPS) is 10.6. The van der Waals surface area contributed by atoms with Crippen molar-refractivity contribution in [3.8, 4) is 11.4 Å². The Bertz CT molecular complexity index is 1140. The highest BCUT2D eigenvalue weighted by molar-refractivity contribution is 5.92. The number of aryl methyl sites for hydroxylation is 2. The van der Waals surface area contributed by atoms with Crippen LogP contribution in [0.3, 0.4) is 0 Å². The van der Waals surface area contributed by atoms with Gasteiger partial charge in [0, 0.05) is 18.1 Å². The van der Waals surface area contributed by atoms with Gasteiger partial charge in [-0.1, -0.05) is 30.3 Å². The van der Waals surface area contributed by atoms with Gasteiger partial charge in [0.2, 0.25) is 5.91 Å². The molecule has 1 N–H and O–H groups in total. The van der Waals surface area contributed by atoms with E-state index in [1.54, 1.807) is 24.3 Å². The Morgan fingerprint density at radius 3 is 2.34 bits per heavy atom. The van der Waals surface area contributed by atoms with E-state index in [-0.39, 0.29) is 12.5 Å². The molecular weight excluding hydrogens is 370 g/mol. The zero-order chi connectivity index (χ0) is 21.0. The number of rotatable bonds is 6. The fourth-order valence-corrected chi connectivity index (χ4v) is 3.10. The lowest BCUT2D eigenvalue weighted by Crippen LogP contribution is -2.41. The van der Waals surface area contributed by atoms with E-state index in [1.165, 1.54) is 17.0 Å². The van der Waals surface area contributed by atoms with Gasteiger partial charge in [0.1, 0.15) is 12.3 Å². The second-order valence-electron chi connectivity index (χ2n) is 6.62. The fourth-order valence-electron chi connectivity index (χ4n) is 3.10. The van der Waals surface area contributed by atoms with Gasteiger partial charge in [0.25, 0.3) is 0 Å². The monoisotopic (exact) mass is 393 g/mol. The predicted molar refractivity (Wildman–Crippen MR) is 112 cm³/mol. The van der Waals surface area contributed by atoms with E-state index in [1.807, 2.05) is 39.0 Å². The van der Waals surface area contributed by atoms with Crippen LogP contribution in [0.15, 0.2) is 64.4 Å². The quantitative estimate of drug-likeness (QED) is 0.653. The lowest BCUT2D eigenvalue weighted by molar-refractivity contribution is -0.116. The molecule has 0 aliphatic rings. The number of amides is 1. The number of hydrogen-bond donors (Lipinski definition) is 1. The molecule has 0 unspecified atom stereocenters. The van der Waals surface area contributed by atoms with E-state index in [9.17, 15) is 14.4 Å². The second kappa shape index (κ2) is 8.60. The number of ether oxygens (including phenoxy) is 1. The summed E-state index contributed by atoms with van der Waals surface area (Å²) >= 11 is 0. The number of para-hydroxylation sites is 3. The molecule has 3 aromatic rings. The first-order valence-electron chi connectivity index (χ1n) is 9.32. The highest BCUT2D eigenvalue weighted by Crippen LogP contribution is 2.21. The Hall–Kier alpha value is -3.61. The largest absolute Gasteiger partial charge is 0.492 e. The molecule has 0 bridgehead atoms. The van der Waals surface area contributed by atoms with Crippen LogP contribution >= 0.6 is 0 Å². The molecule has 0 aliphatic heterocycles. The van der Waals surface area contributed by atoms with Crippen LogP contribution in [0.2, 0.25) is 0 Å². The highest BCUT2D eigenvalue weighted by atomic mass is 16.5. The lowest BCUT2D eigenvalue weighted by atomic mass is 10.1. The summed E-state index contributed by atoms with van der Waals surface area (Å²) in [7, 11) is 0. The number of carbonyl (C=O) groups is 1. The number of anilines is 1. The Kier molecular flexibility index (Phi) is 5.97. The van der Waals surface area contributed by atoms with Crippen molar-refractivity contribution in [2.45, 2.75) is 27.3 Å². The average molecular weight is 393 g/mol. The van der Waals surface area contributed by atoms with Crippen molar-refractivity contribution in [3.05, 3.63) is 86.7 Å². The van der Waals surface area contributed by atoms with Crippen LogP contribution in [0, 0.1) is 13.8 Å². The SMILES string of the molecule is CCOc1ccccc1-n1ccn(CC(=O)Nc2c(C)cccc2C)c(=O)c1=O. The number of carbonyl (C=O) groups excluding carboxylic acids is 1. The third-order valence-corrected chi connectivity index (χ3v) is 4.54. The van der Waals surface area contributed by atoms with Gasteiger partial charge in [-0.2, -0.15) is 0 Å². The summed E-state index contributed by atoms with van der Waals surface area (Å²) < 4.78 is 7.87. The highest BCUT2D eigenvalue weighted by Gasteiger charge is 2.13. The maximum Gasteiger partial charge on any atom is 0.321 e. The third-order valence-electron chi connectivity index (χ3n) is 4.54. The second-order valence-corrected chi connectivity index (χ2v) is 6.62. The number of benzene rings is 2. The fraction of sp³-hybridized carbons (Fsp3) is 0.227. The average Bonchev–Trinajstić information content (AvgIpc) is 2.70.